The highest BCUT2D eigenvalue weighted by Gasteiger charge is 2.25. The van der Waals surface area contributed by atoms with Crippen molar-refractivity contribution in [2.24, 2.45) is 5.92 Å². The fourth-order valence-corrected chi connectivity index (χ4v) is 3.42. The molecule has 1 aromatic heterocycles. The maximum atomic E-state index is 10.4. The normalized spacial score (nSPS) is 25.0. The summed E-state index contributed by atoms with van der Waals surface area (Å²) in [5.74, 6) is -0.115. The van der Waals surface area contributed by atoms with Gasteiger partial charge in [-0.2, -0.15) is 0 Å². The molecule has 18 heavy (non-hydrogen) atoms. The van der Waals surface area contributed by atoms with Crippen LogP contribution in [0.3, 0.4) is 0 Å². The van der Waals surface area contributed by atoms with Gasteiger partial charge in [0.2, 0.25) is 0 Å². The van der Waals surface area contributed by atoms with Crippen LogP contribution in [0.4, 0.5) is 0 Å². The van der Waals surface area contributed by atoms with Crippen LogP contribution in [0, 0.1) is 5.92 Å². The van der Waals surface area contributed by atoms with E-state index in [0.29, 0.717) is 6.04 Å². The number of carbonyl (C=O) groups is 1. The third-order valence-corrected chi connectivity index (χ3v) is 4.30. The topological polar surface area (TPSA) is 40.5 Å². The molecular weight excluding hydrogens is 246 g/mol. The van der Waals surface area contributed by atoms with Gasteiger partial charge in [0, 0.05) is 30.1 Å². The van der Waals surface area contributed by atoms with E-state index in [0.717, 1.165) is 18.0 Å². The summed E-state index contributed by atoms with van der Waals surface area (Å²) in [6, 6.07) is 2.74. The maximum absolute atomic E-state index is 10.4. The van der Waals surface area contributed by atoms with Crippen LogP contribution in [0.1, 0.15) is 30.7 Å². The summed E-state index contributed by atoms with van der Waals surface area (Å²) in [6.45, 7) is 6.73. The molecule has 0 aliphatic carbocycles. The molecule has 1 aliphatic heterocycles. The molecule has 2 atom stereocenters. The molecule has 0 radical (unpaired) electrons. The molecule has 0 saturated carbocycles. The van der Waals surface area contributed by atoms with Gasteiger partial charge in [-0.25, -0.2) is 4.79 Å². The lowest BCUT2D eigenvalue weighted by Crippen LogP contribution is -2.26. The molecule has 2 heterocycles. The number of aliphatic carboxylic acids is 1. The molecule has 2 rings (SSSR count). The van der Waals surface area contributed by atoms with Crippen LogP contribution in [-0.4, -0.2) is 28.6 Å². The van der Waals surface area contributed by atoms with Crippen molar-refractivity contribution in [3.8, 4) is 0 Å². The van der Waals surface area contributed by atoms with E-state index in [1.807, 2.05) is 5.38 Å². The number of rotatable bonds is 4. The third kappa shape index (κ3) is 3.43. The van der Waals surface area contributed by atoms with Crippen LogP contribution in [0.15, 0.2) is 17.5 Å². The minimum absolute atomic E-state index is 0.653. The van der Waals surface area contributed by atoms with E-state index < -0.39 is 5.97 Å². The summed E-state index contributed by atoms with van der Waals surface area (Å²) in [5, 5.41) is 10.6. The Morgan fingerprint density at radius 3 is 3.00 bits per heavy atom. The van der Waals surface area contributed by atoms with Crippen molar-refractivity contribution < 1.29 is 9.90 Å². The summed E-state index contributed by atoms with van der Waals surface area (Å²) >= 11 is 1.71. The number of thiophene rings is 1. The number of likely N-dealkylation sites (tertiary alicyclic amines) is 1. The second kappa shape index (κ2) is 5.67. The molecule has 0 bridgehead atoms. The predicted octanol–water partition coefficient (Wildman–Crippen LogP) is 3.08. The fourth-order valence-electron chi connectivity index (χ4n) is 2.54. The van der Waals surface area contributed by atoms with Crippen molar-refractivity contribution in [3.05, 3.63) is 28.0 Å². The quantitative estimate of drug-likeness (QED) is 0.851. The van der Waals surface area contributed by atoms with Gasteiger partial charge >= 0.3 is 5.97 Å². The molecule has 1 aliphatic rings. The van der Waals surface area contributed by atoms with Gasteiger partial charge in [0.05, 0.1) is 0 Å². The Hall–Kier alpha value is -1.13. The fraction of sp³-hybridized carbons (Fsp3) is 0.500. The van der Waals surface area contributed by atoms with Crippen LogP contribution in [0.2, 0.25) is 0 Å². The monoisotopic (exact) mass is 265 g/mol. The highest BCUT2D eigenvalue weighted by Crippen LogP contribution is 2.26. The van der Waals surface area contributed by atoms with Gasteiger partial charge in [-0.05, 0) is 42.3 Å². The molecule has 3 nitrogen and oxygen atoms in total. The van der Waals surface area contributed by atoms with Crippen LogP contribution in [0.5, 0.6) is 0 Å². The zero-order chi connectivity index (χ0) is 13.1. The smallest absolute Gasteiger partial charge is 0.328 e. The Kier molecular flexibility index (Phi) is 4.19. The first-order valence-electron chi connectivity index (χ1n) is 6.27. The zero-order valence-electron chi connectivity index (χ0n) is 10.8. The van der Waals surface area contributed by atoms with Gasteiger partial charge in [0.25, 0.3) is 0 Å². The molecule has 0 amide bonds. The predicted molar refractivity (Wildman–Crippen MR) is 74.6 cm³/mol. The Morgan fingerprint density at radius 2 is 2.39 bits per heavy atom. The summed E-state index contributed by atoms with van der Waals surface area (Å²) in [6.07, 6.45) is 4.11. The second-order valence-corrected chi connectivity index (χ2v) is 6.13. The number of hydrogen-bond donors (Lipinski definition) is 1. The Balaban J connectivity index is 1.96. The molecule has 2 unspecified atom stereocenters. The van der Waals surface area contributed by atoms with Crippen LogP contribution in [0.25, 0.3) is 6.08 Å². The van der Waals surface area contributed by atoms with Crippen LogP contribution in [-0.2, 0) is 11.3 Å². The number of carboxylic acids is 1. The maximum Gasteiger partial charge on any atom is 0.328 e. The van der Waals surface area contributed by atoms with Crippen molar-refractivity contribution >= 4 is 23.4 Å². The van der Waals surface area contributed by atoms with E-state index in [2.05, 4.69) is 24.8 Å². The zero-order valence-corrected chi connectivity index (χ0v) is 11.6. The highest BCUT2D eigenvalue weighted by atomic mass is 32.1. The van der Waals surface area contributed by atoms with E-state index in [1.165, 1.54) is 23.9 Å². The van der Waals surface area contributed by atoms with Crippen molar-refractivity contribution in [3.63, 3.8) is 0 Å². The minimum Gasteiger partial charge on any atom is -0.478 e. The molecular formula is C14H19NO2S. The third-order valence-electron chi connectivity index (χ3n) is 3.36. The molecule has 98 valence electrons. The summed E-state index contributed by atoms with van der Waals surface area (Å²) in [5.41, 5.74) is 0.984. The average molecular weight is 265 g/mol. The van der Waals surface area contributed by atoms with Gasteiger partial charge < -0.3 is 5.11 Å². The average Bonchev–Trinajstić information content (AvgIpc) is 2.84. The molecule has 0 aromatic carbocycles. The first-order valence-corrected chi connectivity index (χ1v) is 7.15. The first-order chi connectivity index (χ1) is 8.54. The molecule has 1 N–H and O–H groups in total. The molecule has 1 fully saturated rings. The lowest BCUT2D eigenvalue weighted by Gasteiger charge is -2.19. The minimum atomic E-state index is -0.898. The van der Waals surface area contributed by atoms with Crippen molar-refractivity contribution in [2.75, 3.05) is 6.54 Å². The number of hydrogen-bond acceptors (Lipinski definition) is 3. The van der Waals surface area contributed by atoms with Crippen molar-refractivity contribution in [1.29, 1.82) is 0 Å². The van der Waals surface area contributed by atoms with Gasteiger partial charge in [-0.1, -0.05) is 6.92 Å². The molecule has 1 aromatic rings. The van der Waals surface area contributed by atoms with E-state index in [9.17, 15) is 4.79 Å². The van der Waals surface area contributed by atoms with Gasteiger partial charge in [0.1, 0.15) is 0 Å². The van der Waals surface area contributed by atoms with E-state index in [4.69, 9.17) is 5.11 Å². The standard InChI is InChI=1S/C14H19NO2S/c1-10-5-11(2)15(7-10)8-13-6-12(9-18-13)3-4-14(16)17/h3-4,6,9-11H,5,7-8H2,1-2H3,(H,16,17)/b4-3+. The lowest BCUT2D eigenvalue weighted by atomic mass is 10.1. The van der Waals surface area contributed by atoms with E-state index in [-0.39, 0.29) is 0 Å². The number of nitrogens with zero attached hydrogens (tertiary/aromatic N) is 1. The first kappa shape index (κ1) is 13.3. The summed E-state index contributed by atoms with van der Waals surface area (Å²) in [7, 11) is 0. The van der Waals surface area contributed by atoms with E-state index in [1.54, 1.807) is 17.4 Å². The summed E-state index contributed by atoms with van der Waals surface area (Å²) < 4.78 is 0. The van der Waals surface area contributed by atoms with Gasteiger partial charge in [-0.3, -0.25) is 4.90 Å². The van der Waals surface area contributed by atoms with Gasteiger partial charge in [-0.15, -0.1) is 11.3 Å². The molecule has 1 saturated heterocycles. The largest absolute Gasteiger partial charge is 0.478 e. The van der Waals surface area contributed by atoms with Crippen molar-refractivity contribution in [1.82, 2.24) is 4.90 Å². The van der Waals surface area contributed by atoms with Crippen molar-refractivity contribution in [2.45, 2.75) is 32.9 Å². The Bertz CT molecular complexity index is 452. The van der Waals surface area contributed by atoms with E-state index >= 15 is 0 Å². The highest BCUT2D eigenvalue weighted by molar-refractivity contribution is 7.10. The van der Waals surface area contributed by atoms with Crippen LogP contribution < -0.4 is 0 Å². The molecule has 0 spiro atoms. The lowest BCUT2D eigenvalue weighted by molar-refractivity contribution is -0.131. The van der Waals surface area contributed by atoms with Gasteiger partial charge in [0.15, 0.2) is 0 Å². The second-order valence-electron chi connectivity index (χ2n) is 5.14. The van der Waals surface area contributed by atoms with Crippen LogP contribution >= 0.6 is 11.3 Å². The molecule has 4 heteroatoms. The Morgan fingerprint density at radius 1 is 1.61 bits per heavy atom. The number of carboxylic acid groups (broad SMARTS) is 1. The summed E-state index contributed by atoms with van der Waals surface area (Å²) in [4.78, 5) is 14.3. The Labute approximate surface area is 112 Å². The SMILES string of the molecule is CC1CC(C)N(Cc2cc(/C=C/C(=O)O)cs2)C1.